The molecular weight excluding hydrogens is 316 g/mol. The second kappa shape index (κ2) is 6.03. The van der Waals surface area contributed by atoms with E-state index >= 15 is 0 Å². The molecule has 1 spiro atoms. The highest BCUT2D eigenvalue weighted by atomic mass is 16.6. The molecule has 2 atom stereocenters. The lowest BCUT2D eigenvalue weighted by molar-refractivity contribution is 0.0138. The first-order valence-electron chi connectivity index (χ1n) is 9.45. The third-order valence-electron chi connectivity index (χ3n) is 5.39. The van der Waals surface area contributed by atoms with Gasteiger partial charge in [0.2, 0.25) is 5.90 Å². The lowest BCUT2D eigenvalue weighted by Gasteiger charge is -2.38. The molecule has 0 bridgehead atoms. The molecule has 0 unspecified atom stereocenters. The Morgan fingerprint density at radius 1 is 1.28 bits per heavy atom. The minimum absolute atomic E-state index is 0.0780. The summed E-state index contributed by atoms with van der Waals surface area (Å²) in [5.41, 5.74) is 0.396. The molecule has 25 heavy (non-hydrogen) atoms. The first kappa shape index (κ1) is 18.3. The number of aliphatic imine (C=N–C) groups is 1. The highest BCUT2D eigenvalue weighted by Gasteiger charge is 2.52. The lowest BCUT2D eigenvalue weighted by atomic mass is 9.87. The van der Waals surface area contributed by atoms with E-state index in [-0.39, 0.29) is 23.1 Å². The summed E-state index contributed by atoms with van der Waals surface area (Å²) >= 11 is 0. The Morgan fingerprint density at radius 2 is 2.00 bits per heavy atom. The summed E-state index contributed by atoms with van der Waals surface area (Å²) in [6.07, 6.45) is 5.84. The van der Waals surface area contributed by atoms with Gasteiger partial charge in [-0.1, -0.05) is 26.8 Å². The van der Waals surface area contributed by atoms with Gasteiger partial charge in [0.1, 0.15) is 12.2 Å². The summed E-state index contributed by atoms with van der Waals surface area (Å²) in [5.74, 6) is 0.743. The molecule has 0 radical (unpaired) electrons. The maximum absolute atomic E-state index is 12.8. The molecule has 1 amide bonds. The van der Waals surface area contributed by atoms with Gasteiger partial charge >= 0.3 is 6.09 Å². The summed E-state index contributed by atoms with van der Waals surface area (Å²) in [4.78, 5) is 19.6. The predicted molar refractivity (Wildman–Crippen MR) is 98.9 cm³/mol. The zero-order chi connectivity index (χ0) is 18.5. The number of likely N-dealkylation sites (tertiary alicyclic amines) is 1. The number of carbonyl (C=O) groups is 1. The molecule has 2 aliphatic heterocycles. The van der Waals surface area contributed by atoms with Crippen LogP contribution in [-0.2, 0) is 9.47 Å². The summed E-state index contributed by atoms with van der Waals surface area (Å²) in [6, 6.07) is 0.164. The van der Waals surface area contributed by atoms with E-state index in [1.165, 1.54) is 0 Å². The van der Waals surface area contributed by atoms with Crippen LogP contribution in [0.5, 0.6) is 0 Å². The molecule has 1 saturated heterocycles. The van der Waals surface area contributed by atoms with Crippen molar-refractivity contribution in [3.8, 4) is 0 Å². The molecule has 3 rings (SSSR count). The number of allylic oxidation sites excluding steroid dienone is 1. The molecule has 0 saturated carbocycles. The fourth-order valence-electron chi connectivity index (χ4n) is 4.03. The van der Waals surface area contributed by atoms with E-state index in [4.69, 9.17) is 14.5 Å². The van der Waals surface area contributed by atoms with Crippen molar-refractivity contribution in [2.24, 2.45) is 10.4 Å². The van der Waals surface area contributed by atoms with Crippen molar-refractivity contribution >= 4 is 12.0 Å². The largest absolute Gasteiger partial charge is 0.475 e. The minimum atomic E-state index is -0.484. The van der Waals surface area contributed by atoms with Crippen LogP contribution >= 0.6 is 0 Å². The molecule has 3 aliphatic rings. The van der Waals surface area contributed by atoms with Crippen LogP contribution in [0.3, 0.4) is 0 Å². The summed E-state index contributed by atoms with van der Waals surface area (Å²) in [5, 5.41) is 0. The number of ether oxygens (including phenoxy) is 2. The van der Waals surface area contributed by atoms with E-state index in [1.54, 1.807) is 0 Å². The average molecular weight is 348 g/mol. The van der Waals surface area contributed by atoms with Gasteiger partial charge in [-0.2, -0.15) is 0 Å². The molecule has 0 aromatic rings. The third kappa shape index (κ3) is 3.42. The van der Waals surface area contributed by atoms with E-state index in [1.807, 2.05) is 25.7 Å². The molecule has 140 valence electrons. The van der Waals surface area contributed by atoms with Crippen molar-refractivity contribution in [2.45, 2.75) is 84.4 Å². The maximum Gasteiger partial charge on any atom is 0.411 e. The van der Waals surface area contributed by atoms with E-state index in [0.717, 1.165) is 43.7 Å². The smallest absolute Gasteiger partial charge is 0.411 e. The van der Waals surface area contributed by atoms with Crippen LogP contribution in [-0.4, -0.2) is 47.2 Å². The summed E-state index contributed by atoms with van der Waals surface area (Å²) < 4.78 is 11.7. The number of carbonyl (C=O) groups excluding carboxylic acids is 1. The summed E-state index contributed by atoms with van der Waals surface area (Å²) in [6.45, 7) is 13.7. The molecule has 2 heterocycles. The van der Waals surface area contributed by atoms with Crippen molar-refractivity contribution < 1.29 is 14.3 Å². The molecule has 5 nitrogen and oxygen atoms in total. The Balaban J connectivity index is 1.86. The Kier molecular flexibility index (Phi) is 4.41. The van der Waals surface area contributed by atoms with Crippen LogP contribution in [0.2, 0.25) is 0 Å². The van der Waals surface area contributed by atoms with E-state index in [0.29, 0.717) is 6.61 Å². The Labute approximate surface area is 151 Å². The van der Waals surface area contributed by atoms with Crippen LogP contribution in [0.1, 0.15) is 67.2 Å². The highest BCUT2D eigenvalue weighted by molar-refractivity contribution is 5.98. The van der Waals surface area contributed by atoms with E-state index in [2.05, 4.69) is 26.8 Å². The zero-order valence-electron chi connectivity index (χ0n) is 16.5. The van der Waals surface area contributed by atoms with Gasteiger partial charge in [-0.3, -0.25) is 4.90 Å². The van der Waals surface area contributed by atoms with Crippen molar-refractivity contribution in [3.05, 3.63) is 11.6 Å². The Morgan fingerprint density at radius 3 is 2.60 bits per heavy atom. The van der Waals surface area contributed by atoms with Crippen LogP contribution in [0.25, 0.3) is 0 Å². The van der Waals surface area contributed by atoms with Crippen LogP contribution in [0, 0.1) is 5.41 Å². The number of nitrogens with zero attached hydrogens (tertiary/aromatic N) is 2. The van der Waals surface area contributed by atoms with Gasteiger partial charge in [0.05, 0.1) is 11.6 Å². The van der Waals surface area contributed by atoms with Crippen molar-refractivity contribution in [1.29, 1.82) is 0 Å². The highest BCUT2D eigenvalue weighted by Crippen LogP contribution is 2.46. The van der Waals surface area contributed by atoms with Crippen molar-refractivity contribution in [2.75, 3.05) is 13.2 Å². The van der Waals surface area contributed by atoms with Gasteiger partial charge in [-0.25, -0.2) is 9.79 Å². The standard InChI is InChI=1S/C20H32N2O3/c1-18(2,3)15-13-24-16(21-15)14-9-7-10-20(14)11-8-12-22(20)17(23)25-19(4,5)6/h9,15H,7-8,10-13H2,1-6H3/t15-,20-/m0/s1. The molecule has 0 aromatic carbocycles. The summed E-state index contributed by atoms with van der Waals surface area (Å²) in [7, 11) is 0. The number of hydrogen-bond donors (Lipinski definition) is 0. The maximum atomic E-state index is 12.8. The van der Waals surface area contributed by atoms with Crippen molar-refractivity contribution in [1.82, 2.24) is 4.90 Å². The van der Waals surface area contributed by atoms with E-state index < -0.39 is 5.60 Å². The minimum Gasteiger partial charge on any atom is -0.475 e. The first-order chi connectivity index (χ1) is 11.5. The molecule has 1 aliphatic carbocycles. The third-order valence-corrected chi connectivity index (χ3v) is 5.39. The van der Waals surface area contributed by atoms with Gasteiger partial charge in [0, 0.05) is 12.1 Å². The molecular formula is C20H32N2O3. The topological polar surface area (TPSA) is 51.1 Å². The molecule has 5 heteroatoms. The Bertz CT molecular complexity index is 609. The quantitative estimate of drug-likeness (QED) is 0.709. The average Bonchev–Trinajstić information content (AvgIpc) is 3.16. The fourth-order valence-corrected chi connectivity index (χ4v) is 4.03. The van der Waals surface area contributed by atoms with Gasteiger partial charge < -0.3 is 9.47 Å². The molecule has 1 fully saturated rings. The SMILES string of the molecule is CC(C)(C)OC(=O)N1CCC[C@]12CCC=C2C1=N[C@H](C(C)(C)C)CO1. The van der Waals surface area contributed by atoms with Gasteiger partial charge in [-0.15, -0.1) is 0 Å². The molecule has 0 aromatic heterocycles. The lowest BCUT2D eigenvalue weighted by Crippen LogP contribution is -2.50. The van der Waals surface area contributed by atoms with Crippen molar-refractivity contribution in [3.63, 3.8) is 0 Å². The Hall–Kier alpha value is -1.52. The first-order valence-corrected chi connectivity index (χ1v) is 9.45. The van der Waals surface area contributed by atoms with E-state index in [9.17, 15) is 4.79 Å². The van der Waals surface area contributed by atoms with Crippen LogP contribution < -0.4 is 0 Å². The van der Waals surface area contributed by atoms with Gasteiger partial charge in [0.15, 0.2) is 0 Å². The zero-order valence-corrected chi connectivity index (χ0v) is 16.5. The second-order valence-electron chi connectivity index (χ2n) is 9.55. The van der Waals surface area contributed by atoms with Gasteiger partial charge in [0.25, 0.3) is 0 Å². The number of hydrogen-bond acceptors (Lipinski definition) is 4. The predicted octanol–water partition coefficient (Wildman–Crippen LogP) is 4.32. The second-order valence-corrected chi connectivity index (χ2v) is 9.55. The van der Waals surface area contributed by atoms with Gasteiger partial charge in [-0.05, 0) is 51.9 Å². The monoisotopic (exact) mass is 348 g/mol. The van der Waals surface area contributed by atoms with Crippen LogP contribution in [0.15, 0.2) is 16.6 Å². The normalized spacial score (nSPS) is 29.7. The fraction of sp³-hybridized carbons (Fsp3) is 0.800. The number of amides is 1. The molecule has 0 N–H and O–H groups in total. The van der Waals surface area contributed by atoms with Crippen LogP contribution in [0.4, 0.5) is 4.79 Å². The number of rotatable bonds is 1.